The summed E-state index contributed by atoms with van der Waals surface area (Å²) in [5, 5.41) is 0. The van der Waals surface area contributed by atoms with Gasteiger partial charge in [-0.3, -0.25) is 4.79 Å². The molecule has 2 bridgehead atoms. The van der Waals surface area contributed by atoms with Crippen molar-refractivity contribution in [3.05, 3.63) is 52.4 Å². The van der Waals surface area contributed by atoms with Gasteiger partial charge in [0, 0.05) is 43.4 Å². The van der Waals surface area contributed by atoms with Gasteiger partial charge in [-0.2, -0.15) is 13.1 Å². The Kier molecular flexibility index (Phi) is 5.07. The van der Waals surface area contributed by atoms with E-state index in [1.54, 1.807) is 10.6 Å². The molecule has 2 aromatic rings. The number of piperidine rings is 1. The van der Waals surface area contributed by atoms with Gasteiger partial charge in [-0.05, 0) is 30.5 Å². The molecule has 10 heteroatoms. The van der Waals surface area contributed by atoms with E-state index >= 15 is 0 Å². The van der Waals surface area contributed by atoms with E-state index in [4.69, 9.17) is 4.74 Å². The molecular formula is C19H20F2N2O5S. The number of rotatable bonds is 5. The first kappa shape index (κ1) is 19.8. The maximum atomic E-state index is 13.2. The largest absolute Gasteiger partial charge is 0.493 e. The van der Waals surface area contributed by atoms with Gasteiger partial charge in [-0.1, -0.05) is 6.07 Å². The number of aromatic nitrogens is 1. The molecule has 1 fully saturated rings. The van der Waals surface area contributed by atoms with Gasteiger partial charge >= 0.3 is 6.61 Å². The Labute approximate surface area is 166 Å². The molecule has 29 heavy (non-hydrogen) atoms. The third-order valence-electron chi connectivity index (χ3n) is 5.44. The second-order valence-electron chi connectivity index (χ2n) is 7.21. The number of nitrogens with zero attached hydrogens (tertiary/aromatic N) is 2. The number of halogens is 2. The van der Waals surface area contributed by atoms with Crippen molar-refractivity contribution in [3.63, 3.8) is 0 Å². The number of benzene rings is 1. The monoisotopic (exact) mass is 426 g/mol. The van der Waals surface area contributed by atoms with Crippen molar-refractivity contribution in [2.75, 3.05) is 20.2 Å². The number of methoxy groups -OCH3 is 1. The first-order chi connectivity index (χ1) is 13.8. The van der Waals surface area contributed by atoms with Crippen molar-refractivity contribution in [3.8, 4) is 11.5 Å². The van der Waals surface area contributed by atoms with Crippen LogP contribution in [0.3, 0.4) is 0 Å². The summed E-state index contributed by atoms with van der Waals surface area (Å²) in [6.45, 7) is -2.17. The number of ether oxygens (including phenoxy) is 2. The Morgan fingerprint density at radius 2 is 1.90 bits per heavy atom. The van der Waals surface area contributed by atoms with Crippen LogP contribution in [0.25, 0.3) is 0 Å². The Morgan fingerprint density at radius 3 is 2.62 bits per heavy atom. The van der Waals surface area contributed by atoms with Gasteiger partial charge in [0.05, 0.1) is 12.0 Å². The van der Waals surface area contributed by atoms with Crippen LogP contribution in [-0.2, 0) is 16.6 Å². The van der Waals surface area contributed by atoms with Gasteiger partial charge in [0.25, 0.3) is 5.56 Å². The lowest BCUT2D eigenvalue weighted by Gasteiger charge is -2.42. The first-order valence-corrected chi connectivity index (χ1v) is 10.6. The highest BCUT2D eigenvalue weighted by atomic mass is 32.2. The van der Waals surface area contributed by atoms with Crippen LogP contribution in [-0.4, -0.2) is 44.1 Å². The van der Waals surface area contributed by atoms with E-state index in [2.05, 4.69) is 4.74 Å². The number of alkyl halides is 2. The molecule has 0 aliphatic carbocycles. The standard InChI is InChI=1S/C19H20F2N2O5S/c1-27-16-6-5-14(8-17(16)28-19(20)21)29(25,26)22-9-12-7-13(11-22)15-3-2-4-18(24)23(15)10-12/h2-6,8,12-13,19H,7,9-11H2,1H3/t12-,13+/m1/s1. The molecule has 1 saturated heterocycles. The van der Waals surface area contributed by atoms with E-state index in [0.717, 1.165) is 18.2 Å². The van der Waals surface area contributed by atoms with Crippen molar-refractivity contribution in [2.45, 2.75) is 30.4 Å². The smallest absolute Gasteiger partial charge is 0.387 e. The molecule has 2 aliphatic heterocycles. The molecule has 1 aromatic heterocycles. The fourth-order valence-electron chi connectivity index (χ4n) is 4.20. The van der Waals surface area contributed by atoms with Crippen molar-refractivity contribution < 1.29 is 26.7 Å². The summed E-state index contributed by atoms with van der Waals surface area (Å²) < 4.78 is 64.2. The topological polar surface area (TPSA) is 77.8 Å². The number of pyridine rings is 1. The molecule has 4 rings (SSSR count). The highest BCUT2D eigenvalue weighted by Gasteiger charge is 2.39. The van der Waals surface area contributed by atoms with Crippen LogP contribution < -0.4 is 15.0 Å². The van der Waals surface area contributed by atoms with Gasteiger partial charge in [0.15, 0.2) is 11.5 Å². The highest BCUT2D eigenvalue weighted by Crippen LogP contribution is 2.38. The predicted molar refractivity (Wildman–Crippen MR) is 99.9 cm³/mol. The molecule has 1 aromatic carbocycles. The van der Waals surface area contributed by atoms with Gasteiger partial charge in [0.2, 0.25) is 10.0 Å². The van der Waals surface area contributed by atoms with E-state index in [-0.39, 0.29) is 46.9 Å². The molecule has 0 radical (unpaired) electrons. The van der Waals surface area contributed by atoms with Crippen LogP contribution in [0.4, 0.5) is 8.78 Å². The average molecular weight is 426 g/mol. The van der Waals surface area contributed by atoms with Crippen molar-refractivity contribution in [2.24, 2.45) is 5.92 Å². The number of sulfonamides is 1. The minimum atomic E-state index is -3.93. The van der Waals surface area contributed by atoms with Crippen LogP contribution in [0.2, 0.25) is 0 Å². The van der Waals surface area contributed by atoms with E-state index in [1.165, 1.54) is 29.6 Å². The molecule has 3 heterocycles. The van der Waals surface area contributed by atoms with E-state index in [1.807, 2.05) is 6.07 Å². The maximum Gasteiger partial charge on any atom is 0.387 e. The van der Waals surface area contributed by atoms with Gasteiger partial charge in [-0.15, -0.1) is 0 Å². The summed E-state index contributed by atoms with van der Waals surface area (Å²) in [5.74, 6) is -0.405. The Hall–Kier alpha value is -2.46. The van der Waals surface area contributed by atoms with Crippen molar-refractivity contribution in [1.29, 1.82) is 0 Å². The molecule has 156 valence electrons. The zero-order chi connectivity index (χ0) is 20.8. The lowest BCUT2D eigenvalue weighted by atomic mass is 9.84. The summed E-state index contributed by atoms with van der Waals surface area (Å²) in [4.78, 5) is 12.0. The van der Waals surface area contributed by atoms with E-state index in [9.17, 15) is 22.0 Å². The second kappa shape index (κ2) is 7.42. The predicted octanol–water partition coefficient (Wildman–Crippen LogP) is 2.27. The Balaban J connectivity index is 1.66. The fraction of sp³-hybridized carbons (Fsp3) is 0.421. The Morgan fingerprint density at radius 1 is 1.10 bits per heavy atom. The zero-order valence-electron chi connectivity index (χ0n) is 15.6. The molecule has 2 atom stereocenters. The van der Waals surface area contributed by atoms with Crippen LogP contribution in [0, 0.1) is 5.92 Å². The van der Waals surface area contributed by atoms with Gasteiger partial charge in [-0.25, -0.2) is 8.42 Å². The third kappa shape index (κ3) is 3.62. The van der Waals surface area contributed by atoms with Crippen LogP contribution in [0.5, 0.6) is 11.5 Å². The number of hydrogen-bond acceptors (Lipinski definition) is 5. The van der Waals surface area contributed by atoms with Crippen molar-refractivity contribution in [1.82, 2.24) is 8.87 Å². The second-order valence-corrected chi connectivity index (χ2v) is 9.15. The molecule has 0 spiro atoms. The summed E-state index contributed by atoms with van der Waals surface area (Å²) in [7, 11) is -2.65. The highest BCUT2D eigenvalue weighted by molar-refractivity contribution is 7.89. The van der Waals surface area contributed by atoms with Gasteiger partial charge < -0.3 is 14.0 Å². The number of fused-ring (bicyclic) bond motifs is 4. The quantitative estimate of drug-likeness (QED) is 0.733. The lowest BCUT2D eigenvalue weighted by molar-refractivity contribution is -0.0513. The summed E-state index contributed by atoms with van der Waals surface area (Å²) in [6.07, 6.45) is 0.803. The normalized spacial score (nSPS) is 21.7. The molecule has 2 aliphatic rings. The van der Waals surface area contributed by atoms with Crippen molar-refractivity contribution >= 4 is 10.0 Å². The minimum Gasteiger partial charge on any atom is -0.493 e. The van der Waals surface area contributed by atoms with E-state index in [0.29, 0.717) is 6.54 Å². The molecular weight excluding hydrogens is 406 g/mol. The van der Waals surface area contributed by atoms with Crippen LogP contribution >= 0.6 is 0 Å². The summed E-state index contributed by atoms with van der Waals surface area (Å²) in [5.41, 5.74) is 0.738. The average Bonchev–Trinajstić information content (AvgIpc) is 2.68. The lowest BCUT2D eigenvalue weighted by Crippen LogP contribution is -2.49. The molecule has 0 N–H and O–H groups in total. The Bertz CT molecular complexity index is 1090. The maximum absolute atomic E-state index is 13.2. The summed E-state index contributed by atoms with van der Waals surface area (Å²) in [6, 6.07) is 8.70. The summed E-state index contributed by atoms with van der Waals surface area (Å²) >= 11 is 0. The van der Waals surface area contributed by atoms with Crippen LogP contribution in [0.15, 0.2) is 46.1 Å². The zero-order valence-corrected chi connectivity index (χ0v) is 16.4. The molecule has 0 saturated carbocycles. The van der Waals surface area contributed by atoms with Crippen LogP contribution in [0.1, 0.15) is 18.0 Å². The molecule has 0 amide bonds. The molecule has 0 unspecified atom stereocenters. The van der Waals surface area contributed by atoms with E-state index < -0.39 is 16.6 Å². The fourth-order valence-corrected chi connectivity index (χ4v) is 5.78. The molecule has 7 nitrogen and oxygen atoms in total. The SMILES string of the molecule is COc1ccc(S(=O)(=O)N2C[C@H]3C[C@@H](C2)c2cccc(=O)n2C3)cc1OC(F)F. The minimum absolute atomic E-state index is 0.00570. The van der Waals surface area contributed by atoms with Gasteiger partial charge in [0.1, 0.15) is 0 Å². The first-order valence-electron chi connectivity index (χ1n) is 9.12. The number of hydrogen-bond donors (Lipinski definition) is 0. The third-order valence-corrected chi connectivity index (χ3v) is 7.26.